The van der Waals surface area contributed by atoms with E-state index < -0.39 is 5.97 Å². The van der Waals surface area contributed by atoms with Crippen LogP contribution in [0, 0.1) is 0 Å². The lowest BCUT2D eigenvalue weighted by molar-refractivity contribution is -0.137. The number of aliphatic carboxylic acids is 1. The van der Waals surface area contributed by atoms with Crippen LogP contribution in [0.1, 0.15) is 26.7 Å². The summed E-state index contributed by atoms with van der Waals surface area (Å²) in [5.74, 6) is -0.161. The van der Waals surface area contributed by atoms with Gasteiger partial charge in [0.15, 0.2) is 0 Å². The summed E-state index contributed by atoms with van der Waals surface area (Å²) in [5.41, 5.74) is 0. The summed E-state index contributed by atoms with van der Waals surface area (Å²) in [4.78, 5) is 14.1. The fraction of sp³-hybridized carbons (Fsp3) is 0.455. The molecular weight excluding hydrogens is 274 g/mol. The molecule has 1 heterocycles. The van der Waals surface area contributed by atoms with Gasteiger partial charge >= 0.3 is 5.97 Å². The molecule has 0 amide bonds. The van der Waals surface area contributed by atoms with Gasteiger partial charge in [-0.1, -0.05) is 13.8 Å². The lowest BCUT2D eigenvalue weighted by Gasteiger charge is -2.04. The maximum atomic E-state index is 10.2. The quantitative estimate of drug-likeness (QED) is 0.846. The standard InChI is InChI=1S/C9H10BrNO3.C2H6/c10-7-4-8(6-11-5-7)14-3-1-2-9(12)13;1-2/h4-6H,1-3H2,(H,12,13);1-2H3. The fourth-order valence-electron chi connectivity index (χ4n) is 0.885. The van der Waals surface area contributed by atoms with Crippen molar-refractivity contribution in [2.75, 3.05) is 6.61 Å². The molecule has 16 heavy (non-hydrogen) atoms. The number of carbonyl (C=O) groups is 1. The maximum absolute atomic E-state index is 10.2. The third-order valence-corrected chi connectivity index (χ3v) is 1.92. The molecule has 0 aliphatic rings. The fourth-order valence-corrected chi connectivity index (χ4v) is 1.23. The number of hydrogen-bond acceptors (Lipinski definition) is 3. The van der Waals surface area contributed by atoms with E-state index in [9.17, 15) is 4.79 Å². The predicted octanol–water partition coefficient (Wildman–Crippen LogP) is 3.11. The number of rotatable bonds is 5. The summed E-state index contributed by atoms with van der Waals surface area (Å²) < 4.78 is 6.12. The van der Waals surface area contributed by atoms with E-state index in [4.69, 9.17) is 9.84 Å². The second-order valence-electron chi connectivity index (χ2n) is 2.68. The van der Waals surface area contributed by atoms with Crippen molar-refractivity contribution in [3.05, 3.63) is 22.9 Å². The van der Waals surface area contributed by atoms with Crippen LogP contribution in [0.5, 0.6) is 5.75 Å². The summed E-state index contributed by atoms with van der Waals surface area (Å²) in [6, 6.07) is 1.79. The molecule has 0 saturated heterocycles. The van der Waals surface area contributed by atoms with Crippen LogP contribution in [0.2, 0.25) is 0 Å². The van der Waals surface area contributed by atoms with Gasteiger partial charge in [0.1, 0.15) is 5.75 Å². The highest BCUT2D eigenvalue weighted by Crippen LogP contribution is 2.15. The maximum Gasteiger partial charge on any atom is 0.303 e. The van der Waals surface area contributed by atoms with Crippen LogP contribution >= 0.6 is 15.9 Å². The Kier molecular flexibility index (Phi) is 8.52. The van der Waals surface area contributed by atoms with Crippen LogP contribution in [0.3, 0.4) is 0 Å². The van der Waals surface area contributed by atoms with Crippen LogP contribution in [0.25, 0.3) is 0 Å². The number of hydrogen-bond donors (Lipinski definition) is 1. The molecule has 0 radical (unpaired) electrons. The highest BCUT2D eigenvalue weighted by Gasteiger charge is 1.98. The Bertz CT molecular complexity index is 318. The minimum Gasteiger partial charge on any atom is -0.492 e. The summed E-state index contributed by atoms with van der Waals surface area (Å²) in [7, 11) is 0. The van der Waals surface area contributed by atoms with Gasteiger partial charge in [0, 0.05) is 17.1 Å². The molecule has 0 spiro atoms. The smallest absolute Gasteiger partial charge is 0.303 e. The number of pyridine rings is 1. The van der Waals surface area contributed by atoms with Crippen LogP contribution in [0.4, 0.5) is 0 Å². The molecule has 0 fully saturated rings. The van der Waals surface area contributed by atoms with Crippen LogP contribution in [-0.2, 0) is 4.79 Å². The minimum atomic E-state index is -0.805. The van der Waals surface area contributed by atoms with Crippen LogP contribution in [0.15, 0.2) is 22.9 Å². The predicted molar refractivity (Wildman–Crippen MR) is 65.6 cm³/mol. The highest BCUT2D eigenvalue weighted by molar-refractivity contribution is 9.10. The number of halogens is 1. The van der Waals surface area contributed by atoms with Crippen molar-refractivity contribution in [2.24, 2.45) is 0 Å². The van der Waals surface area contributed by atoms with E-state index in [1.54, 1.807) is 18.5 Å². The molecule has 1 aromatic heterocycles. The van der Waals surface area contributed by atoms with E-state index in [0.717, 1.165) is 4.47 Å². The molecule has 0 aliphatic heterocycles. The van der Waals surface area contributed by atoms with Gasteiger partial charge in [-0.15, -0.1) is 0 Å². The molecule has 1 N–H and O–H groups in total. The molecule has 0 aliphatic carbocycles. The topological polar surface area (TPSA) is 59.4 Å². The first kappa shape index (κ1) is 14.9. The average Bonchev–Trinajstić information content (AvgIpc) is 2.27. The van der Waals surface area contributed by atoms with Crippen molar-refractivity contribution in [2.45, 2.75) is 26.7 Å². The normalized spacial score (nSPS) is 8.94. The molecule has 5 heteroatoms. The van der Waals surface area contributed by atoms with Crippen LogP contribution in [-0.4, -0.2) is 22.7 Å². The Morgan fingerprint density at radius 1 is 1.50 bits per heavy atom. The first-order valence-corrected chi connectivity index (χ1v) is 5.93. The molecule has 0 atom stereocenters. The number of carboxylic acids is 1. The first-order valence-electron chi connectivity index (χ1n) is 5.13. The molecule has 90 valence electrons. The number of carboxylic acid groups (broad SMARTS) is 1. The third-order valence-electron chi connectivity index (χ3n) is 1.48. The van der Waals surface area contributed by atoms with Gasteiger partial charge in [-0.2, -0.15) is 0 Å². The van der Waals surface area contributed by atoms with Crippen molar-refractivity contribution in [1.82, 2.24) is 4.98 Å². The number of aromatic nitrogens is 1. The summed E-state index contributed by atoms with van der Waals surface area (Å²) in [5, 5.41) is 8.38. The zero-order valence-corrected chi connectivity index (χ0v) is 11.0. The molecule has 0 bridgehead atoms. The van der Waals surface area contributed by atoms with Crippen LogP contribution < -0.4 is 4.74 Å². The molecule has 0 saturated carbocycles. The first-order chi connectivity index (χ1) is 7.68. The molecule has 1 aromatic rings. The SMILES string of the molecule is CC.O=C(O)CCCOc1cncc(Br)c1. The van der Waals surface area contributed by atoms with Crippen molar-refractivity contribution in [1.29, 1.82) is 0 Å². The van der Waals surface area contributed by atoms with E-state index in [1.807, 2.05) is 13.8 Å². The Labute approximate surface area is 104 Å². The van der Waals surface area contributed by atoms with E-state index in [0.29, 0.717) is 18.8 Å². The van der Waals surface area contributed by atoms with Crippen molar-refractivity contribution < 1.29 is 14.6 Å². The Morgan fingerprint density at radius 3 is 2.75 bits per heavy atom. The van der Waals surface area contributed by atoms with Crippen molar-refractivity contribution in [3.63, 3.8) is 0 Å². The van der Waals surface area contributed by atoms with Gasteiger partial charge in [-0.3, -0.25) is 9.78 Å². The molecule has 0 unspecified atom stereocenters. The second-order valence-corrected chi connectivity index (χ2v) is 3.60. The summed E-state index contributed by atoms with van der Waals surface area (Å²) in [6.45, 7) is 4.39. The van der Waals surface area contributed by atoms with E-state index in [1.165, 1.54) is 0 Å². The van der Waals surface area contributed by atoms with Gasteiger partial charge in [0.25, 0.3) is 0 Å². The third kappa shape index (κ3) is 7.23. The average molecular weight is 290 g/mol. The Morgan fingerprint density at radius 2 is 2.19 bits per heavy atom. The van der Waals surface area contributed by atoms with Crippen molar-refractivity contribution >= 4 is 21.9 Å². The second kappa shape index (κ2) is 9.15. The monoisotopic (exact) mass is 289 g/mol. The van der Waals surface area contributed by atoms with E-state index in [-0.39, 0.29) is 6.42 Å². The van der Waals surface area contributed by atoms with Gasteiger partial charge in [0.05, 0.1) is 12.8 Å². The van der Waals surface area contributed by atoms with E-state index >= 15 is 0 Å². The zero-order chi connectivity index (χ0) is 12.4. The lowest BCUT2D eigenvalue weighted by atomic mass is 10.3. The van der Waals surface area contributed by atoms with Gasteiger partial charge in [-0.05, 0) is 28.4 Å². The lowest BCUT2D eigenvalue weighted by Crippen LogP contribution is -2.02. The zero-order valence-electron chi connectivity index (χ0n) is 9.44. The minimum absolute atomic E-state index is 0.126. The molecular formula is C11H16BrNO3. The highest BCUT2D eigenvalue weighted by atomic mass is 79.9. The summed E-state index contributed by atoms with van der Waals surface area (Å²) in [6.07, 6.45) is 3.87. The van der Waals surface area contributed by atoms with Crippen molar-refractivity contribution in [3.8, 4) is 5.75 Å². The Hall–Kier alpha value is -1.10. The summed E-state index contributed by atoms with van der Waals surface area (Å²) >= 11 is 3.26. The molecule has 0 aromatic carbocycles. The van der Waals surface area contributed by atoms with Gasteiger partial charge < -0.3 is 9.84 Å². The van der Waals surface area contributed by atoms with Gasteiger partial charge in [-0.25, -0.2) is 0 Å². The molecule has 1 rings (SSSR count). The molecule has 4 nitrogen and oxygen atoms in total. The number of ether oxygens (including phenoxy) is 1. The Balaban J connectivity index is 0.00000106. The number of nitrogens with zero attached hydrogens (tertiary/aromatic N) is 1. The largest absolute Gasteiger partial charge is 0.492 e. The van der Waals surface area contributed by atoms with E-state index in [2.05, 4.69) is 20.9 Å². The van der Waals surface area contributed by atoms with Gasteiger partial charge in [0.2, 0.25) is 0 Å².